The van der Waals surface area contributed by atoms with Crippen LogP contribution in [0.4, 0.5) is 0 Å². The van der Waals surface area contributed by atoms with Gasteiger partial charge in [0.1, 0.15) is 0 Å². The third-order valence-electron chi connectivity index (χ3n) is 7.45. The van der Waals surface area contributed by atoms with Crippen molar-refractivity contribution in [1.82, 2.24) is 0 Å². The molecular formula is C36H44Cl2SZr. The van der Waals surface area contributed by atoms with E-state index in [4.69, 9.17) is 0 Å². The van der Waals surface area contributed by atoms with Gasteiger partial charge in [0.25, 0.3) is 0 Å². The Kier molecular flexibility index (Phi) is 13.6. The fourth-order valence-corrected chi connectivity index (χ4v) is 6.55. The molecule has 1 heterocycles. The molecule has 6 rings (SSSR count). The molecule has 40 heavy (non-hydrogen) atoms. The molecule has 0 amide bonds. The molecule has 2 aromatic carbocycles. The first kappa shape index (κ1) is 35.2. The molecule has 0 atom stereocenters. The maximum atomic E-state index is 3.67. The van der Waals surface area contributed by atoms with Crippen molar-refractivity contribution in [2.75, 3.05) is 0 Å². The van der Waals surface area contributed by atoms with E-state index in [0.29, 0.717) is 0 Å². The van der Waals surface area contributed by atoms with Gasteiger partial charge in [-0.25, -0.2) is 0 Å². The van der Waals surface area contributed by atoms with Crippen LogP contribution < -0.4 is 0 Å². The average molecular weight is 671 g/mol. The molecule has 3 aromatic rings. The molecule has 3 aliphatic carbocycles. The summed E-state index contributed by atoms with van der Waals surface area (Å²) in [6.07, 6.45) is 16.8. The molecule has 0 bridgehead atoms. The zero-order valence-corrected chi connectivity index (χ0v) is 29.9. The fraction of sp³-hybridized carbons (Fsp3) is 0.417. The second kappa shape index (κ2) is 15.4. The van der Waals surface area contributed by atoms with E-state index in [1.54, 1.807) is 38.8 Å². The van der Waals surface area contributed by atoms with Crippen LogP contribution >= 0.6 is 36.2 Å². The van der Waals surface area contributed by atoms with Gasteiger partial charge in [-0.05, 0) is 33.8 Å². The fourth-order valence-electron chi connectivity index (χ4n) is 5.03. The van der Waals surface area contributed by atoms with Crippen LogP contribution in [-0.2, 0) is 41.5 Å². The number of hydrogen-bond donors (Lipinski definition) is 0. The van der Waals surface area contributed by atoms with Gasteiger partial charge in [-0.15, -0.1) is 47.6 Å². The first-order valence-electron chi connectivity index (χ1n) is 14.1. The molecule has 1 fully saturated rings. The van der Waals surface area contributed by atoms with Gasteiger partial charge in [0.05, 0.1) is 0 Å². The summed E-state index contributed by atoms with van der Waals surface area (Å²) in [5, 5.41) is 4.24. The Balaban J connectivity index is 0.000000245. The van der Waals surface area contributed by atoms with Gasteiger partial charge in [0, 0.05) is 0 Å². The van der Waals surface area contributed by atoms with Gasteiger partial charge in [0.2, 0.25) is 0 Å². The predicted octanol–water partition coefficient (Wildman–Crippen LogP) is 11.1. The molecule has 1 saturated carbocycles. The van der Waals surface area contributed by atoms with Gasteiger partial charge >= 0.3 is 59.5 Å². The molecule has 0 aliphatic heterocycles. The Labute approximate surface area is 274 Å². The standard InChI is InChI=1S/C21H25.C9H7S.C6H10.2ClH.Zr/c1-20(2,3)16-7-9-18-14(12-16)11-15-13-17(21(4,5)6)8-10-19(15)18;1-2-4-8(3-1)9-5-6-10-7-9;1-2-4-6-5-3-1;;;/h7-10,12H,11H2,1-6H3;1,3,5-7H,2H2;1-5H2;2*1H;/q2*-1;;;;+2. The number of rotatable bonds is 1. The minimum atomic E-state index is 0. The summed E-state index contributed by atoms with van der Waals surface area (Å²) < 4.78 is 1.80. The van der Waals surface area contributed by atoms with Crippen molar-refractivity contribution in [3.05, 3.63) is 99.3 Å². The monoisotopic (exact) mass is 668 g/mol. The number of halogens is 2. The third kappa shape index (κ3) is 9.49. The second-order valence-electron chi connectivity index (χ2n) is 12.7. The van der Waals surface area contributed by atoms with Crippen molar-refractivity contribution in [2.45, 2.75) is 97.3 Å². The first-order valence-corrected chi connectivity index (χ1v) is 16.3. The number of fused-ring (bicyclic) bond motifs is 3. The molecule has 4 heteroatoms. The van der Waals surface area contributed by atoms with Crippen LogP contribution in [0.1, 0.15) is 108 Å². The summed E-state index contributed by atoms with van der Waals surface area (Å²) in [6, 6.07) is 17.3. The molecule has 0 spiro atoms. The van der Waals surface area contributed by atoms with Gasteiger partial charge in [-0.1, -0.05) is 83.2 Å². The molecule has 0 unspecified atom stereocenters. The Bertz CT molecular complexity index is 1250. The molecule has 1 aromatic heterocycles. The van der Waals surface area contributed by atoms with E-state index in [1.807, 2.05) is 0 Å². The zero-order valence-electron chi connectivity index (χ0n) is 24.9. The summed E-state index contributed by atoms with van der Waals surface area (Å²) in [4.78, 5) is 0. The Morgan fingerprint density at radius 3 is 2.05 bits per heavy atom. The van der Waals surface area contributed by atoms with E-state index in [2.05, 4.69) is 113 Å². The van der Waals surface area contributed by atoms with Crippen LogP contribution in [0.25, 0.3) is 16.7 Å². The van der Waals surface area contributed by atoms with Crippen molar-refractivity contribution in [2.24, 2.45) is 0 Å². The molecule has 212 valence electrons. The maximum absolute atomic E-state index is 3.67. The van der Waals surface area contributed by atoms with E-state index in [-0.39, 0.29) is 35.6 Å². The van der Waals surface area contributed by atoms with E-state index in [9.17, 15) is 0 Å². The van der Waals surface area contributed by atoms with E-state index in [0.717, 1.165) is 12.8 Å². The molecule has 3 aliphatic rings. The molecule has 0 nitrogen and oxygen atoms in total. The number of hydrogen-bond acceptors (Lipinski definition) is 1. The zero-order chi connectivity index (χ0) is 27.3. The van der Waals surface area contributed by atoms with E-state index in [1.165, 1.54) is 76.6 Å². The summed E-state index contributed by atoms with van der Waals surface area (Å²) in [7, 11) is 0. The van der Waals surface area contributed by atoms with Crippen molar-refractivity contribution in [3.8, 4) is 11.1 Å². The van der Waals surface area contributed by atoms with Gasteiger partial charge in [-0.3, -0.25) is 0 Å². The normalized spacial score (nSPS) is 15.3. The van der Waals surface area contributed by atoms with Crippen molar-refractivity contribution < 1.29 is 24.2 Å². The SMILES string of the molecule is CC(C)(C)c1[c-]c2c(cc1)-c1ccc(C(C)(C)C)cc1C2.Cl.Cl.[C-]1=C(c2ccsc2)C=CC1.[Zr+2]=[C]1CCCCC1. The first-order chi connectivity index (χ1) is 18.0. The Morgan fingerprint density at radius 2 is 1.52 bits per heavy atom. The van der Waals surface area contributed by atoms with Crippen LogP contribution in [-0.4, -0.2) is 3.21 Å². The van der Waals surface area contributed by atoms with Crippen LogP contribution in [0.5, 0.6) is 0 Å². The quantitative estimate of drug-likeness (QED) is 0.177. The molecule has 0 N–H and O–H groups in total. The summed E-state index contributed by atoms with van der Waals surface area (Å²) in [5.74, 6) is 0. The van der Waals surface area contributed by atoms with Crippen molar-refractivity contribution in [1.29, 1.82) is 0 Å². The van der Waals surface area contributed by atoms with Gasteiger partial charge in [-0.2, -0.15) is 52.8 Å². The number of benzene rings is 2. The van der Waals surface area contributed by atoms with Crippen molar-refractivity contribution >= 4 is 44.9 Å². The van der Waals surface area contributed by atoms with Gasteiger partial charge < -0.3 is 0 Å². The third-order valence-corrected chi connectivity index (χ3v) is 9.36. The Morgan fingerprint density at radius 1 is 0.825 bits per heavy atom. The van der Waals surface area contributed by atoms with Crippen LogP contribution in [0, 0.1) is 12.1 Å². The molecule has 0 saturated heterocycles. The minimum absolute atomic E-state index is 0. The number of thiophene rings is 1. The molecular weight excluding hydrogens is 627 g/mol. The van der Waals surface area contributed by atoms with Crippen LogP contribution in [0.2, 0.25) is 0 Å². The molecule has 0 radical (unpaired) electrons. The summed E-state index contributed by atoms with van der Waals surface area (Å²) in [5.41, 5.74) is 11.3. The predicted molar refractivity (Wildman–Crippen MR) is 178 cm³/mol. The van der Waals surface area contributed by atoms with E-state index < -0.39 is 0 Å². The van der Waals surface area contributed by atoms with Crippen LogP contribution in [0.3, 0.4) is 0 Å². The van der Waals surface area contributed by atoms with Crippen LogP contribution in [0.15, 0.2) is 59.3 Å². The van der Waals surface area contributed by atoms with Crippen molar-refractivity contribution in [3.63, 3.8) is 0 Å². The average Bonchev–Trinajstić information content (AvgIpc) is 3.64. The Hall–Kier alpha value is -1.05. The number of allylic oxidation sites excluding steroid dienone is 4. The van der Waals surface area contributed by atoms with E-state index >= 15 is 0 Å². The van der Waals surface area contributed by atoms with Gasteiger partial charge in [0.15, 0.2) is 0 Å². The summed E-state index contributed by atoms with van der Waals surface area (Å²) >= 11 is 3.42. The summed E-state index contributed by atoms with van der Waals surface area (Å²) in [6.45, 7) is 13.6. The topological polar surface area (TPSA) is 0 Å². The second-order valence-corrected chi connectivity index (χ2v) is 15.2.